The zero-order valence-electron chi connectivity index (χ0n) is 14.0. The van der Waals surface area contributed by atoms with Gasteiger partial charge in [0.1, 0.15) is 0 Å². The summed E-state index contributed by atoms with van der Waals surface area (Å²) < 4.78 is 1.80. The highest BCUT2D eigenvalue weighted by molar-refractivity contribution is 7.07. The standard InChI is InChI=1S/C19H21N3OS/c1-4-7-22-18-6-5-14(2)8-15(18)9-16(19(22)23)10-21(3)11-17-12-24-13-20-17/h4-6,8-9,12-13H,1,7,10-11H2,2-3H3. The molecule has 2 heterocycles. The fraction of sp³-hybridized carbons (Fsp3) is 0.263. The van der Waals surface area contributed by atoms with Crippen LogP contribution in [-0.4, -0.2) is 21.5 Å². The van der Waals surface area contributed by atoms with Crippen LogP contribution in [0.3, 0.4) is 0 Å². The van der Waals surface area contributed by atoms with Gasteiger partial charge < -0.3 is 4.57 Å². The van der Waals surface area contributed by atoms with Crippen LogP contribution in [0.15, 0.2) is 52.6 Å². The van der Waals surface area contributed by atoms with E-state index in [0.717, 1.165) is 28.7 Å². The molecule has 0 bridgehead atoms. The van der Waals surface area contributed by atoms with Crippen LogP contribution in [-0.2, 0) is 19.6 Å². The molecule has 0 aliphatic carbocycles. The Bertz CT molecular complexity index is 912. The lowest BCUT2D eigenvalue weighted by Crippen LogP contribution is -2.28. The molecule has 0 aliphatic heterocycles. The van der Waals surface area contributed by atoms with E-state index >= 15 is 0 Å². The van der Waals surface area contributed by atoms with Crippen molar-refractivity contribution >= 4 is 22.2 Å². The summed E-state index contributed by atoms with van der Waals surface area (Å²) in [5.74, 6) is 0. The number of thiazole rings is 1. The van der Waals surface area contributed by atoms with Crippen molar-refractivity contribution in [3.63, 3.8) is 0 Å². The first-order chi connectivity index (χ1) is 11.6. The van der Waals surface area contributed by atoms with E-state index in [0.29, 0.717) is 13.1 Å². The molecule has 0 radical (unpaired) electrons. The smallest absolute Gasteiger partial charge is 0.255 e. The number of hydrogen-bond acceptors (Lipinski definition) is 4. The lowest BCUT2D eigenvalue weighted by Gasteiger charge is -2.17. The Morgan fingerprint density at radius 1 is 1.33 bits per heavy atom. The topological polar surface area (TPSA) is 38.1 Å². The summed E-state index contributed by atoms with van der Waals surface area (Å²) in [5.41, 5.74) is 5.86. The average Bonchev–Trinajstić information content (AvgIpc) is 3.04. The molecule has 0 aliphatic rings. The van der Waals surface area contributed by atoms with Gasteiger partial charge in [0.2, 0.25) is 0 Å². The normalized spacial score (nSPS) is 11.3. The minimum absolute atomic E-state index is 0.0522. The number of pyridine rings is 1. The van der Waals surface area contributed by atoms with E-state index in [1.165, 1.54) is 5.56 Å². The maximum absolute atomic E-state index is 12.9. The van der Waals surface area contributed by atoms with Crippen molar-refractivity contribution in [2.24, 2.45) is 0 Å². The number of benzene rings is 1. The van der Waals surface area contributed by atoms with Gasteiger partial charge in [0.25, 0.3) is 5.56 Å². The van der Waals surface area contributed by atoms with E-state index in [9.17, 15) is 4.79 Å². The second-order valence-corrected chi connectivity index (χ2v) is 6.81. The Kier molecular flexibility index (Phi) is 4.92. The third-order valence-electron chi connectivity index (χ3n) is 3.99. The molecule has 124 valence electrons. The number of hydrogen-bond donors (Lipinski definition) is 0. The molecule has 0 N–H and O–H groups in total. The van der Waals surface area contributed by atoms with Crippen LogP contribution >= 0.6 is 11.3 Å². The van der Waals surface area contributed by atoms with Gasteiger partial charge in [0.15, 0.2) is 0 Å². The molecule has 3 aromatic rings. The van der Waals surface area contributed by atoms with Crippen molar-refractivity contribution in [2.75, 3.05) is 7.05 Å². The Morgan fingerprint density at radius 3 is 2.88 bits per heavy atom. The van der Waals surface area contributed by atoms with Gasteiger partial charge >= 0.3 is 0 Å². The number of aryl methyl sites for hydroxylation is 1. The zero-order chi connectivity index (χ0) is 17.1. The van der Waals surface area contributed by atoms with Crippen molar-refractivity contribution in [1.82, 2.24) is 14.5 Å². The van der Waals surface area contributed by atoms with E-state index in [2.05, 4.69) is 29.5 Å². The molecule has 0 atom stereocenters. The van der Waals surface area contributed by atoms with E-state index < -0.39 is 0 Å². The van der Waals surface area contributed by atoms with E-state index in [-0.39, 0.29) is 5.56 Å². The first-order valence-corrected chi connectivity index (χ1v) is 8.82. The van der Waals surface area contributed by atoms with Crippen LogP contribution in [0.25, 0.3) is 10.9 Å². The number of fused-ring (bicyclic) bond motifs is 1. The summed E-state index contributed by atoms with van der Waals surface area (Å²) in [6.07, 6.45) is 1.77. The van der Waals surface area contributed by atoms with Gasteiger partial charge in [-0.25, -0.2) is 4.98 Å². The molecule has 4 nitrogen and oxygen atoms in total. The first-order valence-electron chi connectivity index (χ1n) is 7.88. The van der Waals surface area contributed by atoms with Crippen LogP contribution in [0, 0.1) is 6.92 Å². The molecule has 0 spiro atoms. The van der Waals surface area contributed by atoms with Crippen molar-refractivity contribution in [1.29, 1.82) is 0 Å². The third-order valence-corrected chi connectivity index (χ3v) is 4.63. The molecule has 3 rings (SSSR count). The Balaban J connectivity index is 1.98. The molecule has 24 heavy (non-hydrogen) atoms. The average molecular weight is 339 g/mol. The quantitative estimate of drug-likeness (QED) is 0.644. The van der Waals surface area contributed by atoms with Crippen molar-refractivity contribution < 1.29 is 0 Å². The second-order valence-electron chi connectivity index (χ2n) is 6.09. The molecule has 0 unspecified atom stereocenters. The Morgan fingerprint density at radius 2 is 2.17 bits per heavy atom. The third kappa shape index (κ3) is 3.47. The maximum atomic E-state index is 12.9. The van der Waals surface area contributed by atoms with Gasteiger partial charge in [-0.3, -0.25) is 9.69 Å². The number of allylic oxidation sites excluding steroid dienone is 1. The second kappa shape index (κ2) is 7.11. The summed E-state index contributed by atoms with van der Waals surface area (Å²) in [7, 11) is 2.01. The van der Waals surface area contributed by atoms with E-state index in [4.69, 9.17) is 0 Å². The SMILES string of the molecule is C=CCn1c(=O)c(CN(C)Cc2cscn2)cc2cc(C)ccc21. The summed E-state index contributed by atoms with van der Waals surface area (Å²) >= 11 is 1.59. The van der Waals surface area contributed by atoms with Crippen molar-refractivity contribution in [3.8, 4) is 0 Å². The lowest BCUT2D eigenvalue weighted by atomic mass is 10.1. The van der Waals surface area contributed by atoms with Crippen molar-refractivity contribution in [3.05, 3.63) is 75.0 Å². The Hall–Kier alpha value is -2.24. The summed E-state index contributed by atoms with van der Waals surface area (Å²) in [6.45, 7) is 7.69. The first kappa shape index (κ1) is 16.6. The van der Waals surface area contributed by atoms with Crippen LogP contribution in [0.4, 0.5) is 0 Å². The minimum Gasteiger partial charge on any atom is -0.304 e. The highest BCUT2D eigenvalue weighted by Gasteiger charge is 2.11. The molecule has 0 saturated carbocycles. The van der Waals surface area contributed by atoms with Gasteiger partial charge in [-0.15, -0.1) is 17.9 Å². The van der Waals surface area contributed by atoms with Crippen LogP contribution < -0.4 is 5.56 Å². The van der Waals surface area contributed by atoms with Gasteiger partial charge in [-0.1, -0.05) is 17.7 Å². The highest BCUT2D eigenvalue weighted by atomic mass is 32.1. The van der Waals surface area contributed by atoms with E-state index in [1.54, 1.807) is 22.0 Å². The molecule has 2 aromatic heterocycles. The number of aromatic nitrogens is 2. The van der Waals surface area contributed by atoms with Gasteiger partial charge in [-0.2, -0.15) is 0 Å². The van der Waals surface area contributed by atoms with Crippen LogP contribution in [0.5, 0.6) is 0 Å². The molecule has 5 heteroatoms. The summed E-state index contributed by atoms with van der Waals surface area (Å²) in [4.78, 5) is 19.3. The fourth-order valence-corrected chi connectivity index (χ4v) is 3.48. The predicted octanol–water partition coefficient (Wildman–Crippen LogP) is 3.58. The van der Waals surface area contributed by atoms with E-state index in [1.807, 2.05) is 36.1 Å². The molecule has 0 amide bonds. The van der Waals surface area contributed by atoms with Gasteiger partial charge in [0, 0.05) is 30.6 Å². The molecule has 1 aromatic carbocycles. The largest absolute Gasteiger partial charge is 0.304 e. The Labute approximate surface area is 145 Å². The summed E-state index contributed by atoms with van der Waals surface area (Å²) in [5, 5.41) is 3.13. The maximum Gasteiger partial charge on any atom is 0.255 e. The van der Waals surface area contributed by atoms with Crippen LogP contribution in [0.2, 0.25) is 0 Å². The lowest BCUT2D eigenvalue weighted by molar-refractivity contribution is 0.314. The predicted molar refractivity (Wildman–Crippen MR) is 100 cm³/mol. The summed E-state index contributed by atoms with van der Waals surface area (Å²) in [6, 6.07) is 8.19. The highest BCUT2D eigenvalue weighted by Crippen LogP contribution is 2.17. The number of rotatable bonds is 6. The van der Waals surface area contributed by atoms with Gasteiger partial charge in [-0.05, 0) is 37.6 Å². The van der Waals surface area contributed by atoms with Crippen LogP contribution in [0.1, 0.15) is 16.8 Å². The fourth-order valence-electron chi connectivity index (χ4n) is 2.93. The number of nitrogens with zero attached hydrogens (tertiary/aromatic N) is 3. The van der Waals surface area contributed by atoms with Crippen molar-refractivity contribution in [2.45, 2.75) is 26.6 Å². The molecule has 0 saturated heterocycles. The zero-order valence-corrected chi connectivity index (χ0v) is 14.8. The monoisotopic (exact) mass is 339 g/mol. The molecular formula is C19H21N3OS. The van der Waals surface area contributed by atoms with Gasteiger partial charge in [0.05, 0.1) is 16.7 Å². The molecular weight excluding hydrogens is 318 g/mol. The minimum atomic E-state index is 0.0522. The molecule has 0 fully saturated rings.